The van der Waals surface area contributed by atoms with Gasteiger partial charge < -0.3 is 10.1 Å². The summed E-state index contributed by atoms with van der Waals surface area (Å²) in [5.41, 5.74) is 1.96. The van der Waals surface area contributed by atoms with E-state index in [2.05, 4.69) is 18.3 Å². The first kappa shape index (κ1) is 17.8. The van der Waals surface area contributed by atoms with Crippen molar-refractivity contribution < 1.29 is 9.13 Å². The summed E-state index contributed by atoms with van der Waals surface area (Å²) in [5, 5.41) is 3.82. The Balaban J connectivity index is 1.84. The van der Waals surface area contributed by atoms with E-state index in [0.717, 1.165) is 24.4 Å². The monoisotopic (exact) mass is 335 g/mol. The molecule has 2 aromatic carbocycles. The standard InChI is InChI=1S/C19H23ClFNO/c1-2-3-4-10-22-13-15-6-5-7-18(11-15)23-14-16-8-9-17(21)12-19(16)20/h5-9,11-12,22H,2-4,10,13-14H2,1H3. The molecule has 124 valence electrons. The number of unbranched alkanes of at least 4 members (excludes halogenated alkanes) is 2. The van der Waals surface area contributed by atoms with E-state index >= 15 is 0 Å². The number of rotatable bonds is 9. The summed E-state index contributed by atoms with van der Waals surface area (Å²) in [6, 6.07) is 12.3. The lowest BCUT2D eigenvalue weighted by Gasteiger charge is -2.10. The second kappa shape index (κ2) is 9.53. The maximum Gasteiger partial charge on any atom is 0.124 e. The van der Waals surface area contributed by atoms with E-state index < -0.39 is 0 Å². The lowest BCUT2D eigenvalue weighted by molar-refractivity contribution is 0.306. The zero-order valence-corrected chi connectivity index (χ0v) is 14.2. The summed E-state index contributed by atoms with van der Waals surface area (Å²) in [5.74, 6) is 0.452. The van der Waals surface area contributed by atoms with Gasteiger partial charge in [-0.05, 0) is 42.8 Å². The van der Waals surface area contributed by atoms with Crippen molar-refractivity contribution in [3.63, 3.8) is 0 Å². The van der Waals surface area contributed by atoms with Gasteiger partial charge in [0.05, 0.1) is 5.02 Å². The molecule has 0 spiro atoms. The molecule has 0 atom stereocenters. The highest BCUT2D eigenvalue weighted by Crippen LogP contribution is 2.20. The number of nitrogens with one attached hydrogen (secondary N) is 1. The third-order valence-corrected chi connectivity index (χ3v) is 3.95. The van der Waals surface area contributed by atoms with Gasteiger partial charge in [0.15, 0.2) is 0 Å². The number of benzene rings is 2. The maximum absolute atomic E-state index is 13.0. The summed E-state index contributed by atoms with van der Waals surface area (Å²) in [6.45, 7) is 4.39. The van der Waals surface area contributed by atoms with E-state index in [-0.39, 0.29) is 5.82 Å². The second-order valence-electron chi connectivity index (χ2n) is 5.56. The zero-order valence-electron chi connectivity index (χ0n) is 13.4. The Labute approximate surface area is 142 Å². The van der Waals surface area contributed by atoms with E-state index in [1.165, 1.54) is 37.0 Å². The summed E-state index contributed by atoms with van der Waals surface area (Å²) in [6.07, 6.45) is 3.70. The molecule has 0 aliphatic carbocycles. The van der Waals surface area contributed by atoms with Gasteiger partial charge in [-0.15, -0.1) is 0 Å². The fourth-order valence-corrected chi connectivity index (χ4v) is 2.50. The van der Waals surface area contributed by atoms with Crippen LogP contribution in [-0.2, 0) is 13.2 Å². The fourth-order valence-electron chi connectivity index (χ4n) is 2.28. The van der Waals surface area contributed by atoms with E-state index in [0.29, 0.717) is 11.6 Å². The van der Waals surface area contributed by atoms with Crippen molar-refractivity contribution in [2.24, 2.45) is 0 Å². The van der Waals surface area contributed by atoms with Crippen LogP contribution in [0.4, 0.5) is 4.39 Å². The average Bonchev–Trinajstić information content (AvgIpc) is 2.54. The van der Waals surface area contributed by atoms with Crippen LogP contribution in [0.2, 0.25) is 5.02 Å². The molecule has 0 bridgehead atoms. The quantitative estimate of drug-likeness (QED) is 0.625. The normalized spacial score (nSPS) is 10.7. The highest BCUT2D eigenvalue weighted by molar-refractivity contribution is 6.31. The Hall–Kier alpha value is -1.58. The predicted octanol–water partition coefficient (Wildman–Crippen LogP) is 5.34. The van der Waals surface area contributed by atoms with Crippen LogP contribution >= 0.6 is 11.6 Å². The fraction of sp³-hybridized carbons (Fsp3) is 0.368. The number of hydrogen-bond acceptors (Lipinski definition) is 2. The lowest BCUT2D eigenvalue weighted by Crippen LogP contribution is -2.14. The van der Waals surface area contributed by atoms with Crippen molar-refractivity contribution in [1.82, 2.24) is 5.32 Å². The van der Waals surface area contributed by atoms with E-state index in [1.54, 1.807) is 6.07 Å². The van der Waals surface area contributed by atoms with Crippen LogP contribution in [-0.4, -0.2) is 6.54 Å². The molecule has 0 aliphatic rings. The Morgan fingerprint density at radius 2 is 2.00 bits per heavy atom. The maximum atomic E-state index is 13.0. The average molecular weight is 336 g/mol. The number of hydrogen-bond donors (Lipinski definition) is 1. The summed E-state index contributed by atoms with van der Waals surface area (Å²) in [7, 11) is 0. The van der Waals surface area contributed by atoms with Crippen LogP contribution in [0.1, 0.15) is 37.3 Å². The molecule has 2 aromatic rings. The molecular formula is C19H23ClFNO. The molecule has 0 aromatic heterocycles. The first-order chi connectivity index (χ1) is 11.2. The first-order valence-electron chi connectivity index (χ1n) is 8.05. The van der Waals surface area contributed by atoms with Crippen LogP contribution in [0.25, 0.3) is 0 Å². The summed E-state index contributed by atoms with van der Waals surface area (Å²) >= 11 is 6.01. The van der Waals surface area contributed by atoms with Gasteiger partial charge in [-0.1, -0.05) is 49.6 Å². The van der Waals surface area contributed by atoms with Gasteiger partial charge in [-0.25, -0.2) is 4.39 Å². The van der Waals surface area contributed by atoms with E-state index in [4.69, 9.17) is 16.3 Å². The molecule has 4 heteroatoms. The highest BCUT2D eigenvalue weighted by atomic mass is 35.5. The minimum atomic E-state index is -0.338. The topological polar surface area (TPSA) is 21.3 Å². The molecule has 2 rings (SSSR count). The van der Waals surface area contributed by atoms with Crippen molar-refractivity contribution in [2.45, 2.75) is 39.3 Å². The molecule has 0 heterocycles. The minimum absolute atomic E-state index is 0.326. The van der Waals surface area contributed by atoms with Crippen molar-refractivity contribution >= 4 is 11.6 Å². The van der Waals surface area contributed by atoms with E-state index in [9.17, 15) is 4.39 Å². The zero-order chi connectivity index (χ0) is 16.5. The molecule has 0 amide bonds. The number of halogens is 2. The summed E-state index contributed by atoms with van der Waals surface area (Å²) in [4.78, 5) is 0. The second-order valence-corrected chi connectivity index (χ2v) is 5.96. The molecular weight excluding hydrogens is 313 g/mol. The summed E-state index contributed by atoms with van der Waals surface area (Å²) < 4.78 is 18.8. The van der Waals surface area contributed by atoms with Gasteiger partial charge >= 0.3 is 0 Å². The SMILES string of the molecule is CCCCCNCc1cccc(OCc2ccc(F)cc2Cl)c1. The largest absolute Gasteiger partial charge is 0.489 e. The smallest absolute Gasteiger partial charge is 0.124 e. The molecule has 0 saturated heterocycles. The molecule has 0 fully saturated rings. The Morgan fingerprint density at radius 3 is 2.78 bits per heavy atom. The van der Waals surface area contributed by atoms with Crippen molar-refractivity contribution in [2.75, 3.05) is 6.54 Å². The van der Waals surface area contributed by atoms with Gasteiger partial charge in [-0.2, -0.15) is 0 Å². The van der Waals surface area contributed by atoms with Crippen LogP contribution in [0.3, 0.4) is 0 Å². The van der Waals surface area contributed by atoms with Gasteiger partial charge in [0.1, 0.15) is 18.2 Å². The molecule has 0 radical (unpaired) electrons. The highest BCUT2D eigenvalue weighted by Gasteiger charge is 2.04. The molecule has 0 aliphatic heterocycles. The minimum Gasteiger partial charge on any atom is -0.489 e. The molecule has 2 nitrogen and oxygen atoms in total. The van der Waals surface area contributed by atoms with Gasteiger partial charge in [-0.3, -0.25) is 0 Å². The molecule has 1 N–H and O–H groups in total. The Bertz CT molecular complexity index is 618. The molecule has 0 unspecified atom stereocenters. The van der Waals surface area contributed by atoms with Gasteiger partial charge in [0, 0.05) is 12.1 Å². The lowest BCUT2D eigenvalue weighted by atomic mass is 10.2. The van der Waals surface area contributed by atoms with Crippen molar-refractivity contribution in [3.8, 4) is 5.75 Å². The van der Waals surface area contributed by atoms with Crippen LogP contribution in [0, 0.1) is 5.82 Å². The van der Waals surface area contributed by atoms with Crippen LogP contribution in [0.5, 0.6) is 5.75 Å². The van der Waals surface area contributed by atoms with Crippen molar-refractivity contribution in [3.05, 3.63) is 64.4 Å². The van der Waals surface area contributed by atoms with Crippen LogP contribution < -0.4 is 10.1 Å². The van der Waals surface area contributed by atoms with Crippen LogP contribution in [0.15, 0.2) is 42.5 Å². The Kier molecular flexibility index (Phi) is 7.37. The molecule has 0 saturated carbocycles. The first-order valence-corrected chi connectivity index (χ1v) is 8.43. The molecule has 23 heavy (non-hydrogen) atoms. The van der Waals surface area contributed by atoms with Gasteiger partial charge in [0.2, 0.25) is 0 Å². The number of ether oxygens (including phenoxy) is 1. The van der Waals surface area contributed by atoms with E-state index in [1.807, 2.05) is 18.2 Å². The third-order valence-electron chi connectivity index (χ3n) is 3.59. The predicted molar refractivity (Wildman–Crippen MR) is 93.4 cm³/mol. The van der Waals surface area contributed by atoms with Crippen molar-refractivity contribution in [1.29, 1.82) is 0 Å². The van der Waals surface area contributed by atoms with Gasteiger partial charge in [0.25, 0.3) is 0 Å². The Morgan fingerprint density at radius 1 is 1.13 bits per heavy atom. The third kappa shape index (κ3) is 6.20.